The number of rotatable bonds is 7. The number of carbonyl (C=O) groups excluding carboxylic acids is 1. The van der Waals surface area contributed by atoms with Crippen LogP contribution >= 0.6 is 11.6 Å². The van der Waals surface area contributed by atoms with E-state index in [1.807, 2.05) is 38.1 Å². The summed E-state index contributed by atoms with van der Waals surface area (Å²) in [6, 6.07) is 7.39. The average Bonchev–Trinajstić information content (AvgIpc) is 2.43. The van der Waals surface area contributed by atoms with Crippen molar-refractivity contribution >= 4 is 17.6 Å². The Kier molecular flexibility index (Phi) is 6.99. The third-order valence-electron chi connectivity index (χ3n) is 3.39. The van der Waals surface area contributed by atoms with Gasteiger partial charge in [-0.05, 0) is 36.0 Å². The predicted octanol–water partition coefficient (Wildman–Crippen LogP) is 3.28. The maximum absolute atomic E-state index is 12.0. The van der Waals surface area contributed by atoms with Gasteiger partial charge in [-0.1, -0.05) is 37.6 Å². The minimum absolute atomic E-state index is 0.0859. The Labute approximate surface area is 132 Å². The summed E-state index contributed by atoms with van der Waals surface area (Å²) >= 11 is 5.93. The fourth-order valence-electron chi connectivity index (χ4n) is 1.96. The molecule has 1 aromatic rings. The van der Waals surface area contributed by atoms with E-state index in [9.17, 15) is 9.90 Å². The summed E-state index contributed by atoms with van der Waals surface area (Å²) in [6.07, 6.45) is 1.73. The lowest BCUT2D eigenvalue weighted by Crippen LogP contribution is -2.37. The average molecular weight is 313 g/mol. The molecular formula is C16H25ClN2O2. The summed E-state index contributed by atoms with van der Waals surface area (Å²) in [4.78, 5) is 13.6. The second kappa shape index (κ2) is 8.25. The summed E-state index contributed by atoms with van der Waals surface area (Å²) in [5, 5.41) is 12.7. The zero-order chi connectivity index (χ0) is 15.9. The number of hydrogen-bond donors (Lipinski definition) is 2. The lowest BCUT2D eigenvalue weighted by Gasteiger charge is -2.22. The van der Waals surface area contributed by atoms with E-state index in [4.69, 9.17) is 11.6 Å². The topological polar surface area (TPSA) is 52.6 Å². The predicted molar refractivity (Wildman–Crippen MR) is 86.4 cm³/mol. The van der Waals surface area contributed by atoms with Crippen molar-refractivity contribution in [1.29, 1.82) is 0 Å². The molecule has 0 atom stereocenters. The number of amides is 2. The number of aliphatic hydroxyl groups excluding tert-OH is 1. The highest BCUT2D eigenvalue weighted by Crippen LogP contribution is 2.20. The molecule has 4 nitrogen and oxygen atoms in total. The monoisotopic (exact) mass is 312 g/mol. The number of urea groups is 1. The van der Waals surface area contributed by atoms with Gasteiger partial charge in [-0.15, -0.1) is 0 Å². The van der Waals surface area contributed by atoms with Gasteiger partial charge in [-0.2, -0.15) is 0 Å². The molecule has 0 saturated heterocycles. The van der Waals surface area contributed by atoms with Crippen molar-refractivity contribution in [2.75, 3.05) is 20.2 Å². The highest BCUT2D eigenvalue weighted by Gasteiger charge is 2.16. The molecule has 21 heavy (non-hydrogen) atoms. The molecule has 118 valence electrons. The standard InChI is InChI=1S/C16H25ClN2O2/c1-16(2,12-20)8-5-9-18-15(21)19(3)11-13-6-4-7-14(17)10-13/h4,6-7,10,20H,5,8-9,11-12H2,1-3H3,(H,18,21). The highest BCUT2D eigenvalue weighted by atomic mass is 35.5. The van der Waals surface area contributed by atoms with Gasteiger partial charge < -0.3 is 15.3 Å². The van der Waals surface area contributed by atoms with E-state index in [1.54, 1.807) is 11.9 Å². The second-order valence-electron chi connectivity index (χ2n) is 6.14. The van der Waals surface area contributed by atoms with Crippen molar-refractivity contribution in [2.24, 2.45) is 5.41 Å². The van der Waals surface area contributed by atoms with Crippen LogP contribution in [0.15, 0.2) is 24.3 Å². The van der Waals surface area contributed by atoms with Gasteiger partial charge in [0.1, 0.15) is 0 Å². The molecule has 0 fully saturated rings. The van der Waals surface area contributed by atoms with Gasteiger partial charge in [0.2, 0.25) is 0 Å². The van der Waals surface area contributed by atoms with Gasteiger partial charge >= 0.3 is 6.03 Å². The van der Waals surface area contributed by atoms with Crippen molar-refractivity contribution in [1.82, 2.24) is 10.2 Å². The van der Waals surface area contributed by atoms with E-state index >= 15 is 0 Å². The molecular weight excluding hydrogens is 288 g/mol. The molecule has 0 radical (unpaired) electrons. The molecule has 5 heteroatoms. The maximum atomic E-state index is 12.0. The zero-order valence-corrected chi connectivity index (χ0v) is 13.8. The Morgan fingerprint density at radius 3 is 2.76 bits per heavy atom. The molecule has 0 aromatic heterocycles. The maximum Gasteiger partial charge on any atom is 0.317 e. The normalized spacial score (nSPS) is 11.3. The SMILES string of the molecule is CN(Cc1cccc(Cl)c1)C(=O)NCCCC(C)(C)CO. The summed E-state index contributed by atoms with van der Waals surface area (Å²) < 4.78 is 0. The number of nitrogens with zero attached hydrogens (tertiary/aromatic N) is 1. The van der Waals surface area contributed by atoms with Crippen LogP contribution in [-0.2, 0) is 6.54 Å². The molecule has 1 rings (SSSR count). The van der Waals surface area contributed by atoms with Crippen molar-refractivity contribution < 1.29 is 9.90 Å². The Hall–Kier alpha value is -1.26. The molecule has 0 aliphatic carbocycles. The first-order chi connectivity index (χ1) is 9.84. The number of aliphatic hydroxyl groups is 1. The number of carbonyl (C=O) groups is 1. The largest absolute Gasteiger partial charge is 0.396 e. The zero-order valence-electron chi connectivity index (χ0n) is 13.0. The number of hydrogen-bond acceptors (Lipinski definition) is 2. The Bertz CT molecular complexity index is 463. The number of nitrogens with one attached hydrogen (secondary N) is 1. The molecule has 1 aromatic carbocycles. The van der Waals surface area contributed by atoms with Crippen LogP contribution in [0.3, 0.4) is 0 Å². The molecule has 0 bridgehead atoms. The molecule has 0 unspecified atom stereocenters. The van der Waals surface area contributed by atoms with Crippen LogP contribution in [0.1, 0.15) is 32.3 Å². The van der Waals surface area contributed by atoms with Gasteiger partial charge in [0.05, 0.1) is 0 Å². The summed E-state index contributed by atoms with van der Waals surface area (Å²) in [7, 11) is 1.76. The molecule has 0 aliphatic heterocycles. The number of benzene rings is 1. The van der Waals surface area contributed by atoms with Gasteiger partial charge in [0.25, 0.3) is 0 Å². The Morgan fingerprint density at radius 1 is 1.43 bits per heavy atom. The fraction of sp³-hybridized carbons (Fsp3) is 0.562. The first-order valence-electron chi connectivity index (χ1n) is 7.18. The van der Waals surface area contributed by atoms with Crippen molar-refractivity contribution in [3.8, 4) is 0 Å². The minimum Gasteiger partial charge on any atom is -0.396 e. The molecule has 0 saturated carbocycles. The smallest absolute Gasteiger partial charge is 0.317 e. The van der Waals surface area contributed by atoms with Gasteiger partial charge in [0.15, 0.2) is 0 Å². The van der Waals surface area contributed by atoms with Gasteiger partial charge in [-0.3, -0.25) is 0 Å². The van der Waals surface area contributed by atoms with Crippen LogP contribution in [0.4, 0.5) is 4.79 Å². The lowest BCUT2D eigenvalue weighted by molar-refractivity contribution is 0.147. The van der Waals surface area contributed by atoms with Gasteiger partial charge in [-0.25, -0.2) is 4.79 Å². The third-order valence-corrected chi connectivity index (χ3v) is 3.63. The van der Waals surface area contributed by atoms with E-state index in [-0.39, 0.29) is 18.1 Å². The fourth-order valence-corrected chi connectivity index (χ4v) is 2.17. The lowest BCUT2D eigenvalue weighted by atomic mass is 9.89. The van der Waals surface area contributed by atoms with Crippen molar-refractivity contribution in [3.05, 3.63) is 34.9 Å². The van der Waals surface area contributed by atoms with E-state index in [0.717, 1.165) is 18.4 Å². The molecule has 0 aliphatic rings. The van der Waals surface area contributed by atoms with Crippen LogP contribution < -0.4 is 5.32 Å². The van der Waals surface area contributed by atoms with Crippen LogP contribution in [0, 0.1) is 5.41 Å². The summed E-state index contributed by atoms with van der Waals surface area (Å²) in [5.74, 6) is 0. The van der Waals surface area contributed by atoms with E-state index in [1.165, 1.54) is 0 Å². The van der Waals surface area contributed by atoms with Crippen LogP contribution in [0.25, 0.3) is 0 Å². The molecule has 2 N–H and O–H groups in total. The van der Waals surface area contributed by atoms with Crippen LogP contribution in [0.5, 0.6) is 0 Å². The second-order valence-corrected chi connectivity index (χ2v) is 6.58. The minimum atomic E-state index is -0.100. The first kappa shape index (κ1) is 17.8. The van der Waals surface area contributed by atoms with E-state index in [2.05, 4.69) is 5.32 Å². The third kappa shape index (κ3) is 6.82. The van der Waals surface area contributed by atoms with Crippen molar-refractivity contribution in [2.45, 2.75) is 33.2 Å². The summed E-state index contributed by atoms with van der Waals surface area (Å²) in [6.45, 7) is 5.33. The first-order valence-corrected chi connectivity index (χ1v) is 7.56. The molecule has 2 amide bonds. The van der Waals surface area contributed by atoms with E-state index < -0.39 is 0 Å². The van der Waals surface area contributed by atoms with Crippen LogP contribution in [-0.4, -0.2) is 36.2 Å². The Morgan fingerprint density at radius 2 is 2.14 bits per heavy atom. The summed E-state index contributed by atoms with van der Waals surface area (Å²) in [5.41, 5.74) is 0.916. The van der Waals surface area contributed by atoms with Crippen molar-refractivity contribution in [3.63, 3.8) is 0 Å². The molecule has 0 heterocycles. The molecule has 0 spiro atoms. The number of halogens is 1. The van der Waals surface area contributed by atoms with Crippen LogP contribution in [0.2, 0.25) is 5.02 Å². The highest BCUT2D eigenvalue weighted by molar-refractivity contribution is 6.30. The van der Waals surface area contributed by atoms with Gasteiger partial charge in [0, 0.05) is 31.8 Å². The quantitative estimate of drug-likeness (QED) is 0.759. The Balaban J connectivity index is 2.32. The van der Waals surface area contributed by atoms with E-state index in [0.29, 0.717) is 18.1 Å².